The van der Waals surface area contributed by atoms with Crippen molar-refractivity contribution in [2.75, 3.05) is 13.2 Å². The zero-order chi connectivity index (χ0) is 9.47. The molecule has 0 radical (unpaired) electrons. The molecule has 1 heterocycles. The van der Waals surface area contributed by atoms with E-state index in [1.807, 2.05) is 0 Å². The van der Waals surface area contributed by atoms with E-state index in [1.165, 1.54) is 0 Å². The van der Waals surface area contributed by atoms with Crippen molar-refractivity contribution in [3.05, 3.63) is 10.4 Å². The lowest BCUT2D eigenvalue weighted by Crippen LogP contribution is -2.14. The van der Waals surface area contributed by atoms with Crippen molar-refractivity contribution in [3.63, 3.8) is 0 Å². The molecule has 5 nitrogen and oxygen atoms in total. The number of fused-ring (bicyclic) bond motifs is 1. The Bertz CT molecular complexity index is 298. The van der Waals surface area contributed by atoms with Crippen molar-refractivity contribution in [2.24, 2.45) is 22.4 Å². The van der Waals surface area contributed by atoms with Crippen LogP contribution in [0.15, 0.2) is 5.11 Å². The molecular formula is C8H11N3O2. The predicted octanol–water partition coefficient (Wildman–Crippen LogP) is 1.50. The molecule has 1 aliphatic carbocycles. The lowest BCUT2D eigenvalue weighted by atomic mass is 9.99. The van der Waals surface area contributed by atoms with Crippen LogP contribution in [0.1, 0.15) is 13.3 Å². The lowest BCUT2D eigenvalue weighted by Gasteiger charge is -2.16. The molecule has 0 aromatic carbocycles. The van der Waals surface area contributed by atoms with E-state index in [-0.39, 0.29) is 23.2 Å². The molecule has 1 amide bonds. The van der Waals surface area contributed by atoms with Gasteiger partial charge in [-0.05, 0) is 28.4 Å². The van der Waals surface area contributed by atoms with Gasteiger partial charge in [-0.25, -0.2) is 0 Å². The van der Waals surface area contributed by atoms with E-state index < -0.39 is 0 Å². The van der Waals surface area contributed by atoms with E-state index >= 15 is 0 Å². The van der Waals surface area contributed by atoms with E-state index in [1.54, 1.807) is 0 Å². The molecule has 1 aliphatic heterocycles. The van der Waals surface area contributed by atoms with Crippen LogP contribution < -0.4 is 0 Å². The third-order valence-electron chi connectivity index (χ3n) is 3.34. The number of rotatable bonds is 1. The van der Waals surface area contributed by atoms with Gasteiger partial charge in [0.05, 0.1) is 6.61 Å². The normalized spacial score (nSPS) is 41.6. The van der Waals surface area contributed by atoms with Crippen LogP contribution in [0.3, 0.4) is 0 Å². The highest BCUT2D eigenvalue weighted by Gasteiger charge is 2.65. The predicted molar refractivity (Wildman–Crippen MR) is 44.7 cm³/mol. The summed E-state index contributed by atoms with van der Waals surface area (Å²) in [5.41, 5.74) is 8.18. The van der Waals surface area contributed by atoms with Gasteiger partial charge in [0.15, 0.2) is 0 Å². The zero-order valence-electron chi connectivity index (χ0n) is 7.43. The standard InChI is InChI=1S/C8H11N3O2/c1-8-2-3-13-4-5(8)6(8)7(12)10-11-9/h5-6H,2-4H2,1H3. The van der Waals surface area contributed by atoms with Crippen molar-refractivity contribution < 1.29 is 9.53 Å². The van der Waals surface area contributed by atoms with E-state index in [4.69, 9.17) is 10.3 Å². The average Bonchev–Trinajstić information content (AvgIpc) is 2.71. The second kappa shape index (κ2) is 2.72. The molecule has 5 heteroatoms. The van der Waals surface area contributed by atoms with Crippen LogP contribution in [-0.2, 0) is 9.53 Å². The molecule has 2 fully saturated rings. The van der Waals surface area contributed by atoms with Crippen LogP contribution in [0.2, 0.25) is 0 Å². The zero-order valence-corrected chi connectivity index (χ0v) is 7.43. The third kappa shape index (κ3) is 1.12. The maximum atomic E-state index is 11.3. The average molecular weight is 181 g/mol. The number of amides is 1. The summed E-state index contributed by atoms with van der Waals surface area (Å²) in [6, 6.07) is 0. The van der Waals surface area contributed by atoms with Gasteiger partial charge in [-0.15, -0.1) is 0 Å². The Morgan fingerprint density at radius 2 is 2.54 bits per heavy atom. The fourth-order valence-corrected chi connectivity index (χ4v) is 2.35. The van der Waals surface area contributed by atoms with E-state index in [2.05, 4.69) is 16.9 Å². The number of hydrogen-bond donors (Lipinski definition) is 0. The van der Waals surface area contributed by atoms with Crippen molar-refractivity contribution in [3.8, 4) is 0 Å². The lowest BCUT2D eigenvalue weighted by molar-refractivity contribution is -0.120. The summed E-state index contributed by atoms with van der Waals surface area (Å²) >= 11 is 0. The number of nitrogens with zero attached hydrogens (tertiary/aromatic N) is 3. The minimum Gasteiger partial charge on any atom is -0.381 e. The fraction of sp³-hybridized carbons (Fsp3) is 0.875. The Labute approximate surface area is 75.7 Å². The van der Waals surface area contributed by atoms with Crippen LogP contribution in [0.5, 0.6) is 0 Å². The number of ether oxygens (including phenoxy) is 1. The SMILES string of the molecule is CC12CCOCC1C2C(=O)N=[N+]=[N-]. The fourth-order valence-electron chi connectivity index (χ4n) is 2.35. The Morgan fingerprint density at radius 1 is 1.77 bits per heavy atom. The molecule has 1 saturated carbocycles. The number of carbonyl (C=O) groups excluding carboxylic acids is 1. The van der Waals surface area contributed by atoms with Crippen molar-refractivity contribution in [2.45, 2.75) is 13.3 Å². The number of azide groups is 1. The summed E-state index contributed by atoms with van der Waals surface area (Å²) in [4.78, 5) is 13.8. The van der Waals surface area contributed by atoms with Gasteiger partial charge in [0, 0.05) is 17.4 Å². The molecule has 0 bridgehead atoms. The van der Waals surface area contributed by atoms with Crippen molar-refractivity contribution >= 4 is 5.91 Å². The summed E-state index contributed by atoms with van der Waals surface area (Å²) in [5.74, 6) is -0.134. The first-order chi connectivity index (χ1) is 6.20. The van der Waals surface area contributed by atoms with Crippen LogP contribution in [0.4, 0.5) is 0 Å². The van der Waals surface area contributed by atoms with Gasteiger partial charge in [-0.2, -0.15) is 0 Å². The maximum absolute atomic E-state index is 11.3. The number of hydrogen-bond acceptors (Lipinski definition) is 2. The summed E-state index contributed by atoms with van der Waals surface area (Å²) in [6.45, 7) is 3.41. The molecule has 0 spiro atoms. The molecule has 2 aliphatic rings. The molecule has 2 rings (SSSR count). The van der Waals surface area contributed by atoms with Crippen LogP contribution in [-0.4, -0.2) is 19.1 Å². The Hall–Kier alpha value is -1.06. The van der Waals surface area contributed by atoms with Gasteiger partial charge in [0.1, 0.15) is 0 Å². The highest BCUT2D eigenvalue weighted by atomic mass is 16.5. The van der Waals surface area contributed by atoms with E-state index in [0.717, 1.165) is 6.42 Å². The largest absolute Gasteiger partial charge is 0.381 e. The highest BCUT2D eigenvalue weighted by Crippen LogP contribution is 2.63. The van der Waals surface area contributed by atoms with Gasteiger partial charge in [-0.3, -0.25) is 4.79 Å². The molecule has 3 atom stereocenters. The molecule has 0 N–H and O–H groups in total. The van der Waals surface area contributed by atoms with Gasteiger partial charge < -0.3 is 4.74 Å². The Morgan fingerprint density at radius 3 is 3.08 bits per heavy atom. The number of carbonyl (C=O) groups is 1. The van der Waals surface area contributed by atoms with Gasteiger partial charge in [0.2, 0.25) is 5.91 Å². The Kier molecular flexibility index (Phi) is 1.78. The summed E-state index contributed by atoms with van der Waals surface area (Å²) in [6.07, 6.45) is 0.898. The van der Waals surface area contributed by atoms with Crippen molar-refractivity contribution in [1.82, 2.24) is 0 Å². The molecule has 0 aromatic heterocycles. The van der Waals surface area contributed by atoms with Gasteiger partial charge >= 0.3 is 0 Å². The first-order valence-corrected chi connectivity index (χ1v) is 4.37. The first-order valence-electron chi connectivity index (χ1n) is 4.37. The maximum Gasteiger partial charge on any atom is 0.222 e. The first kappa shape index (κ1) is 8.53. The second-order valence-corrected chi connectivity index (χ2v) is 3.94. The van der Waals surface area contributed by atoms with Crippen molar-refractivity contribution in [1.29, 1.82) is 0 Å². The molecular weight excluding hydrogens is 170 g/mol. The minimum absolute atomic E-state index is 0.0452. The molecule has 0 aromatic rings. The summed E-state index contributed by atoms with van der Waals surface area (Å²) < 4.78 is 5.26. The van der Waals surface area contributed by atoms with Gasteiger partial charge in [0.25, 0.3) is 0 Å². The van der Waals surface area contributed by atoms with Crippen LogP contribution in [0, 0.1) is 17.3 Å². The highest BCUT2D eigenvalue weighted by molar-refractivity contribution is 5.84. The smallest absolute Gasteiger partial charge is 0.222 e. The van der Waals surface area contributed by atoms with E-state index in [9.17, 15) is 4.79 Å². The minimum atomic E-state index is -0.319. The summed E-state index contributed by atoms with van der Waals surface area (Å²) in [7, 11) is 0. The second-order valence-electron chi connectivity index (χ2n) is 3.94. The molecule has 3 unspecified atom stereocenters. The molecule has 13 heavy (non-hydrogen) atoms. The summed E-state index contributed by atoms with van der Waals surface area (Å²) in [5, 5.41) is 3.14. The molecule has 70 valence electrons. The Balaban J connectivity index is 2.12. The topological polar surface area (TPSA) is 75.1 Å². The quantitative estimate of drug-likeness (QED) is 0.349. The van der Waals surface area contributed by atoms with Crippen LogP contribution >= 0.6 is 0 Å². The monoisotopic (exact) mass is 181 g/mol. The molecule has 1 saturated heterocycles. The van der Waals surface area contributed by atoms with Gasteiger partial charge in [-0.1, -0.05) is 6.92 Å². The third-order valence-corrected chi connectivity index (χ3v) is 3.34. The van der Waals surface area contributed by atoms with E-state index in [0.29, 0.717) is 13.2 Å². The van der Waals surface area contributed by atoms with Crippen LogP contribution in [0.25, 0.3) is 10.4 Å².